The number of ether oxygens (including phenoxy) is 2. The van der Waals surface area contributed by atoms with E-state index in [4.69, 9.17) is 4.74 Å². The zero-order valence-corrected chi connectivity index (χ0v) is 17.7. The van der Waals surface area contributed by atoms with Gasteiger partial charge < -0.3 is 18.9 Å². The second-order valence-corrected chi connectivity index (χ2v) is 8.20. The molecule has 0 bridgehead atoms. The lowest BCUT2D eigenvalue weighted by molar-refractivity contribution is -0.143. The standard InChI is InChI=1S/C24H19F5N2O3/c25-22(26)33-16-7-5-15(6-8-16)21(32)30-13-11-23(12-14-30)19-9-10-20(24(27,28)29)31(19)17-3-1-2-4-18(17)34-23/h1-10,22H,11-14H2. The Labute approximate surface area is 191 Å². The number of amides is 1. The zero-order valence-electron chi connectivity index (χ0n) is 17.7. The molecule has 34 heavy (non-hydrogen) atoms. The van der Waals surface area contributed by atoms with Crippen molar-refractivity contribution in [2.24, 2.45) is 0 Å². The number of carbonyl (C=O) groups excluding carboxylic acids is 1. The minimum Gasteiger partial charge on any atom is -0.479 e. The molecule has 1 spiro atoms. The first-order chi connectivity index (χ1) is 16.2. The molecule has 1 amide bonds. The molecule has 10 heteroatoms. The number of para-hydroxylation sites is 2. The highest BCUT2D eigenvalue weighted by Gasteiger charge is 2.48. The van der Waals surface area contributed by atoms with Gasteiger partial charge >= 0.3 is 12.8 Å². The van der Waals surface area contributed by atoms with Gasteiger partial charge in [-0.05, 0) is 48.5 Å². The van der Waals surface area contributed by atoms with Crippen molar-refractivity contribution in [3.63, 3.8) is 0 Å². The van der Waals surface area contributed by atoms with Crippen LogP contribution in [0.4, 0.5) is 22.0 Å². The van der Waals surface area contributed by atoms with Crippen LogP contribution < -0.4 is 9.47 Å². The number of hydrogen-bond donors (Lipinski definition) is 0. The SMILES string of the molecule is O=C(c1ccc(OC(F)F)cc1)N1CCC2(CC1)Oc1ccccc1-n1c(C(F)(F)F)ccc12. The Morgan fingerprint density at radius 2 is 1.65 bits per heavy atom. The van der Waals surface area contributed by atoms with Crippen LogP contribution in [0.25, 0.3) is 5.69 Å². The lowest BCUT2D eigenvalue weighted by atomic mass is 9.86. The van der Waals surface area contributed by atoms with E-state index in [-0.39, 0.29) is 24.7 Å². The fourth-order valence-electron chi connectivity index (χ4n) is 4.65. The third-order valence-corrected chi connectivity index (χ3v) is 6.23. The molecule has 0 radical (unpaired) electrons. The minimum absolute atomic E-state index is 0.0559. The van der Waals surface area contributed by atoms with Crippen LogP contribution >= 0.6 is 0 Å². The van der Waals surface area contributed by atoms with Gasteiger partial charge in [-0.15, -0.1) is 0 Å². The molecule has 2 aliphatic rings. The lowest BCUT2D eigenvalue weighted by Gasteiger charge is -2.45. The van der Waals surface area contributed by atoms with Crippen molar-refractivity contribution in [2.75, 3.05) is 13.1 Å². The van der Waals surface area contributed by atoms with Gasteiger partial charge in [-0.25, -0.2) is 0 Å². The van der Waals surface area contributed by atoms with Gasteiger partial charge in [-0.1, -0.05) is 12.1 Å². The van der Waals surface area contributed by atoms with Crippen LogP contribution in [-0.4, -0.2) is 35.1 Å². The molecule has 0 saturated carbocycles. The fraction of sp³-hybridized carbons (Fsp3) is 0.292. The van der Waals surface area contributed by atoms with Crippen molar-refractivity contribution >= 4 is 5.91 Å². The second kappa shape index (κ2) is 8.03. The number of rotatable bonds is 3. The first-order valence-electron chi connectivity index (χ1n) is 10.6. The molecule has 3 aromatic rings. The van der Waals surface area contributed by atoms with E-state index >= 15 is 0 Å². The minimum atomic E-state index is -4.54. The number of aromatic nitrogens is 1. The summed E-state index contributed by atoms with van der Waals surface area (Å²) < 4.78 is 77.7. The van der Waals surface area contributed by atoms with E-state index < -0.39 is 24.1 Å². The number of alkyl halides is 5. The number of nitrogens with zero attached hydrogens (tertiary/aromatic N) is 2. The van der Waals surface area contributed by atoms with Crippen LogP contribution in [-0.2, 0) is 11.8 Å². The summed E-state index contributed by atoms with van der Waals surface area (Å²) in [6.45, 7) is -2.46. The molecule has 5 rings (SSSR count). The normalized spacial score (nSPS) is 16.7. The monoisotopic (exact) mass is 478 g/mol. The molecule has 2 aromatic carbocycles. The molecule has 1 aromatic heterocycles. The molecule has 2 aliphatic heterocycles. The quantitative estimate of drug-likeness (QED) is 0.459. The molecule has 0 atom stereocenters. The van der Waals surface area contributed by atoms with Crippen LogP contribution in [0.3, 0.4) is 0 Å². The summed E-state index contributed by atoms with van der Waals surface area (Å²) in [5.41, 5.74) is -0.759. The Balaban J connectivity index is 1.40. The number of carbonyl (C=O) groups is 1. The van der Waals surface area contributed by atoms with Gasteiger partial charge in [0.15, 0.2) is 5.60 Å². The van der Waals surface area contributed by atoms with E-state index in [1.54, 1.807) is 29.2 Å². The molecule has 1 fully saturated rings. The lowest BCUT2D eigenvalue weighted by Crippen LogP contribution is -2.50. The van der Waals surface area contributed by atoms with Crippen LogP contribution in [0.15, 0.2) is 60.7 Å². The average Bonchev–Trinajstić information content (AvgIpc) is 3.27. The maximum absolute atomic E-state index is 13.7. The van der Waals surface area contributed by atoms with Gasteiger partial charge in [0, 0.05) is 31.5 Å². The zero-order chi connectivity index (χ0) is 24.1. The second-order valence-electron chi connectivity index (χ2n) is 8.20. The van der Waals surface area contributed by atoms with Crippen LogP contribution in [0.2, 0.25) is 0 Å². The summed E-state index contributed by atoms with van der Waals surface area (Å²) in [5.74, 6) is -0.00763. The van der Waals surface area contributed by atoms with Gasteiger partial charge in [-0.3, -0.25) is 4.79 Å². The predicted octanol–water partition coefficient (Wildman–Crippen LogP) is 5.62. The number of piperidine rings is 1. The summed E-state index contributed by atoms with van der Waals surface area (Å²) in [6.07, 6.45) is -3.96. The topological polar surface area (TPSA) is 43.7 Å². The maximum Gasteiger partial charge on any atom is 0.431 e. The van der Waals surface area contributed by atoms with E-state index in [1.165, 1.54) is 34.9 Å². The Bertz CT molecular complexity index is 1210. The number of halogens is 5. The Hall–Kier alpha value is -3.56. The summed E-state index contributed by atoms with van der Waals surface area (Å²) in [7, 11) is 0. The first kappa shape index (κ1) is 22.2. The molecule has 0 N–H and O–H groups in total. The third kappa shape index (κ3) is 3.76. The van der Waals surface area contributed by atoms with Gasteiger partial charge in [0.05, 0.1) is 11.4 Å². The van der Waals surface area contributed by atoms with Gasteiger partial charge in [0.25, 0.3) is 5.91 Å². The Morgan fingerprint density at radius 3 is 2.29 bits per heavy atom. The largest absolute Gasteiger partial charge is 0.479 e. The Kier molecular flexibility index (Phi) is 5.26. The highest BCUT2D eigenvalue weighted by molar-refractivity contribution is 5.94. The van der Waals surface area contributed by atoms with Crippen LogP contribution in [0, 0.1) is 0 Å². The molecule has 178 valence electrons. The van der Waals surface area contributed by atoms with E-state index in [1.807, 2.05) is 0 Å². The first-order valence-corrected chi connectivity index (χ1v) is 10.6. The van der Waals surface area contributed by atoms with Crippen molar-refractivity contribution in [1.82, 2.24) is 9.47 Å². The highest BCUT2D eigenvalue weighted by atomic mass is 19.4. The Morgan fingerprint density at radius 1 is 0.971 bits per heavy atom. The summed E-state index contributed by atoms with van der Waals surface area (Å²) in [6, 6.07) is 14.5. The smallest absolute Gasteiger partial charge is 0.431 e. The van der Waals surface area contributed by atoms with E-state index in [0.717, 1.165) is 6.07 Å². The van der Waals surface area contributed by atoms with Gasteiger partial charge in [0.1, 0.15) is 17.2 Å². The van der Waals surface area contributed by atoms with Gasteiger partial charge in [0.2, 0.25) is 0 Å². The van der Waals surface area contributed by atoms with Gasteiger partial charge in [-0.2, -0.15) is 22.0 Å². The van der Waals surface area contributed by atoms with Crippen LogP contribution in [0.1, 0.15) is 34.6 Å². The van der Waals surface area contributed by atoms with Crippen molar-refractivity contribution in [2.45, 2.75) is 31.2 Å². The van der Waals surface area contributed by atoms with Crippen molar-refractivity contribution in [3.05, 3.63) is 77.6 Å². The molecular weight excluding hydrogens is 459 g/mol. The number of likely N-dealkylation sites (tertiary alicyclic amines) is 1. The molecule has 0 unspecified atom stereocenters. The maximum atomic E-state index is 13.7. The third-order valence-electron chi connectivity index (χ3n) is 6.23. The van der Waals surface area contributed by atoms with E-state index in [2.05, 4.69) is 4.74 Å². The van der Waals surface area contributed by atoms with Crippen molar-refractivity contribution in [1.29, 1.82) is 0 Å². The van der Waals surface area contributed by atoms with Crippen LogP contribution in [0.5, 0.6) is 11.5 Å². The fourth-order valence-corrected chi connectivity index (χ4v) is 4.65. The number of benzene rings is 2. The summed E-state index contributed by atoms with van der Waals surface area (Å²) in [5, 5.41) is 0. The summed E-state index contributed by atoms with van der Waals surface area (Å²) in [4.78, 5) is 14.5. The molecular formula is C24H19F5N2O3. The molecule has 0 aliphatic carbocycles. The molecule has 5 nitrogen and oxygen atoms in total. The average molecular weight is 478 g/mol. The van der Waals surface area contributed by atoms with E-state index in [9.17, 15) is 26.7 Å². The molecule has 3 heterocycles. The number of hydrogen-bond acceptors (Lipinski definition) is 3. The van der Waals surface area contributed by atoms with Crippen molar-refractivity contribution in [3.8, 4) is 17.2 Å². The summed E-state index contributed by atoms with van der Waals surface area (Å²) >= 11 is 0. The highest BCUT2D eigenvalue weighted by Crippen LogP contribution is 2.48. The molecule has 1 saturated heterocycles. The van der Waals surface area contributed by atoms with Crippen molar-refractivity contribution < 1.29 is 36.2 Å². The predicted molar refractivity (Wildman–Crippen MR) is 111 cm³/mol. The van der Waals surface area contributed by atoms with E-state index in [0.29, 0.717) is 35.5 Å². The number of fused-ring (bicyclic) bond motifs is 4.